The number of aromatic amines is 1. The van der Waals surface area contributed by atoms with E-state index in [4.69, 9.17) is 9.47 Å². The fourth-order valence-corrected chi connectivity index (χ4v) is 3.67. The molecule has 0 bridgehead atoms. The summed E-state index contributed by atoms with van der Waals surface area (Å²) in [6, 6.07) is 7.54. The smallest absolute Gasteiger partial charge is 0.355 e. The van der Waals surface area contributed by atoms with Crippen LogP contribution in [0, 0.1) is 13.8 Å². The summed E-state index contributed by atoms with van der Waals surface area (Å²) in [6.45, 7) is 3.84. The number of aryl methyl sites for hydroxylation is 1. The molecule has 0 unspecified atom stereocenters. The van der Waals surface area contributed by atoms with Crippen molar-refractivity contribution in [2.24, 2.45) is 0 Å². The van der Waals surface area contributed by atoms with Crippen LogP contribution in [0.4, 0.5) is 0 Å². The van der Waals surface area contributed by atoms with Gasteiger partial charge in [-0.25, -0.2) is 13.2 Å². The van der Waals surface area contributed by atoms with Crippen molar-refractivity contribution in [3.05, 3.63) is 52.8 Å². The molecule has 29 heavy (non-hydrogen) atoms. The largest absolute Gasteiger partial charge is 0.461 e. The standard InChI is InChI=1S/C19H22N2O7S/c1-4-27-19(24)18-12(2)17(13(3)21-18)15(22)11-28-16(23)10-20-29(25,26)14-8-6-5-7-9-14/h5-9,20-21H,4,10-11H2,1-3H3. The first kappa shape index (κ1) is 22.3. The van der Waals surface area contributed by atoms with Crippen molar-refractivity contribution in [1.82, 2.24) is 9.71 Å². The van der Waals surface area contributed by atoms with Gasteiger partial charge in [-0.05, 0) is 38.5 Å². The highest BCUT2D eigenvalue weighted by Gasteiger charge is 2.24. The number of carbonyl (C=O) groups is 3. The number of ether oxygens (including phenoxy) is 2. The number of sulfonamides is 1. The van der Waals surface area contributed by atoms with Gasteiger partial charge in [0, 0.05) is 11.3 Å². The number of rotatable bonds is 9. The fraction of sp³-hybridized carbons (Fsp3) is 0.316. The molecule has 1 aromatic carbocycles. The van der Waals surface area contributed by atoms with E-state index < -0.39 is 40.9 Å². The van der Waals surface area contributed by atoms with Gasteiger partial charge in [0.15, 0.2) is 6.61 Å². The van der Waals surface area contributed by atoms with Gasteiger partial charge < -0.3 is 14.5 Å². The topological polar surface area (TPSA) is 132 Å². The third-order valence-electron chi connectivity index (χ3n) is 4.02. The van der Waals surface area contributed by atoms with Gasteiger partial charge in [-0.1, -0.05) is 18.2 Å². The van der Waals surface area contributed by atoms with Gasteiger partial charge in [0.1, 0.15) is 12.2 Å². The predicted molar refractivity (Wildman–Crippen MR) is 103 cm³/mol. The summed E-state index contributed by atoms with van der Waals surface area (Å²) in [6.07, 6.45) is 0. The first-order valence-corrected chi connectivity index (χ1v) is 10.3. The number of hydrogen-bond donors (Lipinski definition) is 2. The van der Waals surface area contributed by atoms with E-state index in [-0.39, 0.29) is 22.8 Å². The second-order valence-corrected chi connectivity index (χ2v) is 7.83. The maximum absolute atomic E-state index is 12.4. The summed E-state index contributed by atoms with van der Waals surface area (Å²) >= 11 is 0. The lowest BCUT2D eigenvalue weighted by Gasteiger charge is -2.07. The quantitative estimate of drug-likeness (QED) is 0.462. The van der Waals surface area contributed by atoms with Crippen LogP contribution in [0.2, 0.25) is 0 Å². The molecule has 0 aliphatic heterocycles. The molecule has 0 amide bonds. The van der Waals surface area contributed by atoms with Crippen molar-refractivity contribution < 1.29 is 32.3 Å². The van der Waals surface area contributed by atoms with Crippen LogP contribution in [0.1, 0.15) is 39.0 Å². The average molecular weight is 422 g/mol. The van der Waals surface area contributed by atoms with Crippen molar-refractivity contribution in [2.75, 3.05) is 19.8 Å². The molecule has 0 fully saturated rings. The van der Waals surface area contributed by atoms with Gasteiger partial charge in [-0.3, -0.25) is 9.59 Å². The van der Waals surface area contributed by atoms with Gasteiger partial charge in [0.05, 0.1) is 11.5 Å². The van der Waals surface area contributed by atoms with E-state index in [0.717, 1.165) is 0 Å². The third kappa shape index (κ3) is 5.52. The Morgan fingerprint density at radius 1 is 1.07 bits per heavy atom. The Morgan fingerprint density at radius 2 is 1.72 bits per heavy atom. The Balaban J connectivity index is 1.96. The molecule has 9 nitrogen and oxygen atoms in total. The van der Waals surface area contributed by atoms with E-state index in [2.05, 4.69) is 9.71 Å². The van der Waals surface area contributed by atoms with Crippen molar-refractivity contribution >= 4 is 27.7 Å². The summed E-state index contributed by atoms with van der Waals surface area (Å²) in [7, 11) is -3.86. The Labute approximate surface area is 168 Å². The number of Topliss-reactive ketones (excluding diaryl/α,β-unsaturated/α-hetero) is 1. The van der Waals surface area contributed by atoms with Crippen LogP contribution >= 0.6 is 0 Å². The third-order valence-corrected chi connectivity index (χ3v) is 5.44. The molecule has 2 aromatic rings. The summed E-state index contributed by atoms with van der Waals surface area (Å²) in [5, 5.41) is 0. The lowest BCUT2D eigenvalue weighted by molar-refractivity contribution is -0.141. The number of ketones is 1. The lowest BCUT2D eigenvalue weighted by Crippen LogP contribution is -2.31. The van der Waals surface area contributed by atoms with Crippen LogP contribution in [-0.2, 0) is 24.3 Å². The minimum Gasteiger partial charge on any atom is -0.461 e. The molecule has 10 heteroatoms. The molecule has 0 radical (unpaired) electrons. The van der Waals surface area contributed by atoms with Gasteiger partial charge in [0.2, 0.25) is 15.8 Å². The van der Waals surface area contributed by atoms with Crippen molar-refractivity contribution in [3.63, 3.8) is 0 Å². The summed E-state index contributed by atoms with van der Waals surface area (Å²) in [5.74, 6) is -2.01. The molecule has 2 rings (SSSR count). The minimum absolute atomic E-state index is 0.00828. The zero-order valence-corrected chi connectivity index (χ0v) is 17.1. The Kier molecular flexibility index (Phi) is 7.29. The van der Waals surface area contributed by atoms with E-state index in [0.29, 0.717) is 11.3 Å². The number of esters is 2. The van der Waals surface area contributed by atoms with Crippen LogP contribution < -0.4 is 4.72 Å². The summed E-state index contributed by atoms with van der Waals surface area (Å²) in [5.41, 5.74) is 1.23. The van der Waals surface area contributed by atoms with Gasteiger partial charge >= 0.3 is 11.9 Å². The molecule has 0 atom stereocenters. The number of H-pyrrole nitrogens is 1. The maximum atomic E-state index is 12.4. The molecular formula is C19H22N2O7S. The van der Waals surface area contributed by atoms with Crippen LogP contribution in [-0.4, -0.2) is 50.9 Å². The van der Waals surface area contributed by atoms with Crippen LogP contribution in [0.3, 0.4) is 0 Å². The number of benzene rings is 1. The zero-order valence-electron chi connectivity index (χ0n) is 16.3. The van der Waals surface area contributed by atoms with E-state index in [9.17, 15) is 22.8 Å². The molecule has 2 N–H and O–H groups in total. The van der Waals surface area contributed by atoms with Gasteiger partial charge in [-0.2, -0.15) is 4.72 Å². The molecule has 0 saturated heterocycles. The van der Waals surface area contributed by atoms with E-state index in [1.165, 1.54) is 12.1 Å². The highest BCUT2D eigenvalue weighted by Crippen LogP contribution is 2.19. The number of nitrogens with one attached hydrogen (secondary N) is 2. The SMILES string of the molecule is CCOC(=O)c1[nH]c(C)c(C(=O)COC(=O)CNS(=O)(=O)c2ccccc2)c1C. The molecule has 0 spiro atoms. The Morgan fingerprint density at radius 3 is 2.34 bits per heavy atom. The first-order valence-electron chi connectivity index (χ1n) is 8.77. The van der Waals surface area contributed by atoms with Crippen molar-refractivity contribution in [3.8, 4) is 0 Å². The van der Waals surface area contributed by atoms with Crippen LogP contribution in [0.15, 0.2) is 35.2 Å². The predicted octanol–water partition coefficient (Wildman–Crippen LogP) is 1.51. The average Bonchev–Trinajstić information content (AvgIpc) is 2.99. The second-order valence-electron chi connectivity index (χ2n) is 6.07. The highest BCUT2D eigenvalue weighted by molar-refractivity contribution is 7.89. The summed E-state index contributed by atoms with van der Waals surface area (Å²) < 4.78 is 36.1. The first-order chi connectivity index (χ1) is 13.7. The molecule has 156 valence electrons. The van der Waals surface area contributed by atoms with Crippen LogP contribution in [0.5, 0.6) is 0 Å². The molecular weight excluding hydrogens is 400 g/mol. The fourth-order valence-electron chi connectivity index (χ4n) is 2.68. The van der Waals surface area contributed by atoms with Crippen molar-refractivity contribution in [1.29, 1.82) is 0 Å². The molecule has 0 aliphatic rings. The highest BCUT2D eigenvalue weighted by atomic mass is 32.2. The lowest BCUT2D eigenvalue weighted by atomic mass is 10.1. The number of aromatic nitrogens is 1. The minimum atomic E-state index is -3.86. The van der Waals surface area contributed by atoms with Crippen molar-refractivity contribution in [2.45, 2.75) is 25.7 Å². The Bertz CT molecular complexity index is 1010. The van der Waals surface area contributed by atoms with Gasteiger partial charge in [0.25, 0.3) is 0 Å². The van der Waals surface area contributed by atoms with E-state index in [1.807, 2.05) is 0 Å². The maximum Gasteiger partial charge on any atom is 0.355 e. The van der Waals surface area contributed by atoms with E-state index >= 15 is 0 Å². The van der Waals surface area contributed by atoms with E-state index in [1.54, 1.807) is 39.0 Å². The molecule has 1 aromatic heterocycles. The number of carbonyl (C=O) groups excluding carboxylic acids is 3. The molecule has 1 heterocycles. The normalized spacial score (nSPS) is 11.1. The summed E-state index contributed by atoms with van der Waals surface area (Å²) in [4.78, 5) is 39.0. The van der Waals surface area contributed by atoms with Gasteiger partial charge in [-0.15, -0.1) is 0 Å². The molecule has 0 saturated carbocycles. The monoisotopic (exact) mass is 422 g/mol. The second kappa shape index (κ2) is 9.48. The number of hydrogen-bond acceptors (Lipinski definition) is 7. The zero-order chi connectivity index (χ0) is 21.6. The molecule has 0 aliphatic carbocycles. The van der Waals surface area contributed by atoms with Crippen LogP contribution in [0.25, 0.3) is 0 Å². The Hall–Kier alpha value is -2.98.